The number of fused-ring (bicyclic) bond motifs is 2. The van der Waals surface area contributed by atoms with Gasteiger partial charge in [-0.2, -0.15) is 0 Å². The van der Waals surface area contributed by atoms with E-state index < -0.39 is 25.5 Å². The van der Waals surface area contributed by atoms with Gasteiger partial charge in [-0.05, 0) is 81.0 Å². The number of rotatable bonds is 9. The maximum absolute atomic E-state index is 13.6. The quantitative estimate of drug-likeness (QED) is 0.180. The van der Waals surface area contributed by atoms with Gasteiger partial charge in [-0.25, -0.2) is 14.3 Å². The van der Waals surface area contributed by atoms with Crippen LogP contribution in [-0.4, -0.2) is 30.4 Å². The van der Waals surface area contributed by atoms with Crippen LogP contribution in [-0.2, 0) is 28.3 Å². The molecule has 0 amide bonds. The minimum atomic E-state index is -3.92. The van der Waals surface area contributed by atoms with Crippen molar-refractivity contribution in [3.05, 3.63) is 60.7 Å². The summed E-state index contributed by atoms with van der Waals surface area (Å²) in [4.78, 5) is 12.2. The van der Waals surface area contributed by atoms with E-state index in [4.69, 9.17) is 32.8 Å². The number of benzene rings is 2. The van der Waals surface area contributed by atoms with Gasteiger partial charge in [-0.3, -0.25) is 4.52 Å². The topological polar surface area (TPSA) is 81.7 Å². The van der Waals surface area contributed by atoms with Crippen molar-refractivity contribution in [2.45, 2.75) is 83.1 Å². The zero-order chi connectivity index (χ0) is 27.1. The van der Waals surface area contributed by atoms with E-state index in [9.17, 15) is 4.57 Å². The average molecular weight is 559 g/mol. The largest absolute Gasteiger partial charge is 0.587 e. The molecule has 4 heterocycles. The summed E-state index contributed by atoms with van der Waals surface area (Å²) in [6.07, 6.45) is 4.87. The normalized spacial score (nSPS) is 37.5. The second kappa shape index (κ2) is 10.8. The Morgan fingerprint density at radius 3 is 2.23 bits per heavy atom. The van der Waals surface area contributed by atoms with Gasteiger partial charge in [0.1, 0.15) is 11.5 Å². The molecule has 1 unspecified atom stereocenters. The zero-order valence-electron chi connectivity index (χ0n) is 22.9. The van der Waals surface area contributed by atoms with Crippen molar-refractivity contribution in [2.24, 2.45) is 23.7 Å². The average Bonchev–Trinajstić information content (AvgIpc) is 3.16. The molecule has 2 bridgehead atoms. The Balaban J connectivity index is 1.12. The molecule has 8 atom stereocenters. The standard InChI is InChI=1S/C30H39O8P/c1-21-16-17-26-22(2)27(33-28-30(26)25(21)18-19-29(3,34-28)37-38-30)15-10-20-32-39(31,35-23-11-6-4-7-12-23)36-24-13-8-5-9-14-24/h4-9,11-14,21-22,25-28H,10,15-20H2,1-3H3/t21-,22-,25+,26+,27-,28-,29?,30-/m1/s1. The smallest absolute Gasteiger partial charge is 0.395 e. The highest BCUT2D eigenvalue weighted by molar-refractivity contribution is 7.49. The predicted molar refractivity (Wildman–Crippen MR) is 144 cm³/mol. The Bertz CT molecular complexity index is 1120. The Labute approximate surface area is 230 Å². The fourth-order valence-electron chi connectivity index (χ4n) is 7.06. The number of para-hydroxylation sites is 2. The summed E-state index contributed by atoms with van der Waals surface area (Å²) in [5.41, 5.74) is -0.567. The first-order valence-electron chi connectivity index (χ1n) is 14.2. The molecular formula is C30H39O8P. The van der Waals surface area contributed by atoms with Crippen molar-refractivity contribution >= 4 is 7.82 Å². The van der Waals surface area contributed by atoms with Gasteiger partial charge in [0.05, 0.1) is 12.7 Å². The van der Waals surface area contributed by atoms with Crippen LogP contribution in [0.15, 0.2) is 60.7 Å². The maximum Gasteiger partial charge on any atom is 0.587 e. The van der Waals surface area contributed by atoms with Crippen LogP contribution in [0.2, 0.25) is 0 Å². The van der Waals surface area contributed by atoms with E-state index in [0.717, 1.165) is 25.7 Å². The number of ether oxygens (including phenoxy) is 2. The van der Waals surface area contributed by atoms with Gasteiger partial charge in [0.2, 0.25) is 5.79 Å². The lowest BCUT2D eigenvalue weighted by Crippen LogP contribution is -2.70. The van der Waals surface area contributed by atoms with E-state index in [-0.39, 0.29) is 24.5 Å². The number of phosphoric acid groups is 1. The number of phosphoric ester groups is 1. The van der Waals surface area contributed by atoms with E-state index in [1.807, 2.05) is 43.3 Å². The van der Waals surface area contributed by atoms with Gasteiger partial charge < -0.3 is 18.5 Å². The molecule has 0 radical (unpaired) electrons. The summed E-state index contributed by atoms with van der Waals surface area (Å²) in [7, 11) is -3.92. The molecule has 2 aromatic rings. The van der Waals surface area contributed by atoms with Gasteiger partial charge in [0.25, 0.3) is 0 Å². The Morgan fingerprint density at radius 1 is 0.897 bits per heavy atom. The van der Waals surface area contributed by atoms with Crippen molar-refractivity contribution in [3.8, 4) is 11.5 Å². The lowest BCUT2D eigenvalue weighted by Gasteiger charge is -2.60. The maximum atomic E-state index is 13.6. The van der Waals surface area contributed by atoms with Gasteiger partial charge in [0, 0.05) is 12.3 Å². The molecule has 1 spiro atoms. The van der Waals surface area contributed by atoms with Crippen molar-refractivity contribution < 1.29 is 37.4 Å². The predicted octanol–water partition coefficient (Wildman–Crippen LogP) is 7.30. The third-order valence-electron chi connectivity index (χ3n) is 9.10. The second-order valence-electron chi connectivity index (χ2n) is 11.7. The summed E-state index contributed by atoms with van der Waals surface area (Å²) in [6, 6.07) is 17.9. The third-order valence-corrected chi connectivity index (χ3v) is 10.5. The summed E-state index contributed by atoms with van der Waals surface area (Å²) in [6.45, 7) is 6.70. The fourth-order valence-corrected chi connectivity index (χ4v) is 8.32. The van der Waals surface area contributed by atoms with E-state index in [1.54, 1.807) is 24.3 Å². The number of hydrogen-bond acceptors (Lipinski definition) is 8. The first-order valence-corrected chi connectivity index (χ1v) is 15.7. The minimum absolute atomic E-state index is 0.0423. The molecule has 0 N–H and O–H groups in total. The fraction of sp³-hybridized carbons (Fsp3) is 0.600. The minimum Gasteiger partial charge on any atom is -0.395 e. The van der Waals surface area contributed by atoms with Crippen LogP contribution in [0.5, 0.6) is 11.5 Å². The molecule has 7 rings (SSSR count). The van der Waals surface area contributed by atoms with Crippen LogP contribution in [0.4, 0.5) is 0 Å². The Morgan fingerprint density at radius 2 is 1.56 bits per heavy atom. The van der Waals surface area contributed by atoms with Crippen molar-refractivity contribution in [1.82, 2.24) is 0 Å². The first-order chi connectivity index (χ1) is 18.8. The van der Waals surface area contributed by atoms with Crippen LogP contribution >= 0.6 is 7.82 Å². The van der Waals surface area contributed by atoms with Crippen LogP contribution in [0.25, 0.3) is 0 Å². The summed E-state index contributed by atoms with van der Waals surface area (Å²) < 4.78 is 44.1. The zero-order valence-corrected chi connectivity index (χ0v) is 23.8. The highest BCUT2D eigenvalue weighted by Gasteiger charge is 2.69. The van der Waals surface area contributed by atoms with Crippen molar-refractivity contribution in [2.75, 3.05) is 6.61 Å². The van der Waals surface area contributed by atoms with E-state index in [2.05, 4.69) is 13.8 Å². The SMILES string of the molecule is C[C@H]1[C@@H](CCCOP(=O)(Oc2ccccc2)Oc2ccccc2)O[C@@H]2OC3(C)CC[C@H]4[C@H](C)CC[C@@H]1[C@@]24OO3. The summed E-state index contributed by atoms with van der Waals surface area (Å²) in [5.74, 6) is 1.45. The summed E-state index contributed by atoms with van der Waals surface area (Å²) >= 11 is 0. The van der Waals surface area contributed by atoms with Gasteiger partial charge >= 0.3 is 7.82 Å². The molecule has 9 heteroatoms. The van der Waals surface area contributed by atoms with Crippen molar-refractivity contribution in [1.29, 1.82) is 0 Å². The molecule has 2 aromatic carbocycles. The highest BCUT2D eigenvalue weighted by Crippen LogP contribution is 2.61. The number of hydrogen-bond donors (Lipinski definition) is 0. The summed E-state index contributed by atoms with van der Waals surface area (Å²) in [5, 5.41) is 0. The van der Waals surface area contributed by atoms with Crippen LogP contribution in [0.3, 0.4) is 0 Å². The molecule has 212 valence electrons. The van der Waals surface area contributed by atoms with Gasteiger partial charge in [-0.1, -0.05) is 50.2 Å². The highest BCUT2D eigenvalue weighted by atomic mass is 31.2. The van der Waals surface area contributed by atoms with E-state index in [0.29, 0.717) is 29.8 Å². The molecule has 4 aliphatic heterocycles. The Hall–Kier alpha value is -1.93. The van der Waals surface area contributed by atoms with E-state index in [1.165, 1.54) is 6.42 Å². The van der Waals surface area contributed by atoms with E-state index >= 15 is 0 Å². The van der Waals surface area contributed by atoms with Gasteiger partial charge in [-0.15, -0.1) is 0 Å². The van der Waals surface area contributed by atoms with Crippen molar-refractivity contribution in [3.63, 3.8) is 0 Å². The van der Waals surface area contributed by atoms with Crippen LogP contribution in [0, 0.1) is 23.7 Å². The monoisotopic (exact) mass is 558 g/mol. The molecule has 8 nitrogen and oxygen atoms in total. The lowest BCUT2D eigenvalue weighted by molar-refractivity contribution is -0.571. The molecule has 5 aliphatic rings. The molecule has 1 aliphatic carbocycles. The molecule has 5 fully saturated rings. The molecule has 0 aromatic heterocycles. The third kappa shape index (κ3) is 5.28. The molecular weight excluding hydrogens is 519 g/mol. The first kappa shape index (κ1) is 27.3. The Kier molecular flexibility index (Phi) is 7.55. The second-order valence-corrected chi connectivity index (χ2v) is 13.2. The van der Waals surface area contributed by atoms with Crippen LogP contribution < -0.4 is 9.05 Å². The van der Waals surface area contributed by atoms with Crippen LogP contribution in [0.1, 0.15) is 59.3 Å². The van der Waals surface area contributed by atoms with Gasteiger partial charge in [0.15, 0.2) is 11.9 Å². The lowest BCUT2D eigenvalue weighted by atomic mass is 9.57. The molecule has 4 saturated heterocycles. The molecule has 39 heavy (non-hydrogen) atoms. The molecule has 1 saturated carbocycles.